The molecule has 0 radical (unpaired) electrons. The molecular formula is C17H17ClF3NO. The van der Waals surface area contributed by atoms with Crippen molar-refractivity contribution in [3.63, 3.8) is 0 Å². The van der Waals surface area contributed by atoms with E-state index < -0.39 is 17.5 Å². The molecule has 1 heterocycles. The van der Waals surface area contributed by atoms with Crippen molar-refractivity contribution in [3.8, 4) is 5.75 Å². The van der Waals surface area contributed by atoms with Gasteiger partial charge in [-0.05, 0) is 24.8 Å². The van der Waals surface area contributed by atoms with Crippen LogP contribution in [0.1, 0.15) is 25.3 Å². The Morgan fingerprint density at radius 2 is 1.83 bits per heavy atom. The van der Waals surface area contributed by atoms with Gasteiger partial charge in [0.25, 0.3) is 0 Å². The lowest BCUT2D eigenvalue weighted by molar-refractivity contribution is -0.134. The van der Waals surface area contributed by atoms with Gasteiger partial charge in [0.2, 0.25) is 0 Å². The standard InChI is InChI=1S/C17H17ClF3NO/c1-9(2)22-8-12(16(18)17(19,20)21)15-11-6-4-3-5-10(11)14(23)7-13(15)22/h3-7,9,12,16,23H,8H2,1-2H3. The van der Waals surface area contributed by atoms with E-state index in [9.17, 15) is 18.3 Å². The van der Waals surface area contributed by atoms with Gasteiger partial charge < -0.3 is 10.0 Å². The van der Waals surface area contributed by atoms with E-state index in [0.29, 0.717) is 22.0 Å². The highest BCUT2D eigenvalue weighted by molar-refractivity contribution is 6.22. The molecule has 2 aromatic carbocycles. The summed E-state index contributed by atoms with van der Waals surface area (Å²) in [5.74, 6) is -0.789. The van der Waals surface area contributed by atoms with Crippen molar-refractivity contribution >= 4 is 28.1 Å². The zero-order valence-electron chi connectivity index (χ0n) is 12.7. The monoisotopic (exact) mass is 343 g/mol. The summed E-state index contributed by atoms with van der Waals surface area (Å²) in [4.78, 5) is 1.87. The number of hydrogen-bond acceptors (Lipinski definition) is 2. The second kappa shape index (κ2) is 5.48. The summed E-state index contributed by atoms with van der Waals surface area (Å²) in [5, 5.41) is 9.46. The molecule has 0 saturated carbocycles. The number of fused-ring (bicyclic) bond motifs is 3. The lowest BCUT2D eigenvalue weighted by Gasteiger charge is -2.25. The van der Waals surface area contributed by atoms with Gasteiger partial charge in [0.15, 0.2) is 0 Å². The van der Waals surface area contributed by atoms with E-state index in [2.05, 4.69) is 0 Å². The molecule has 0 aliphatic carbocycles. The van der Waals surface area contributed by atoms with E-state index in [4.69, 9.17) is 11.6 Å². The topological polar surface area (TPSA) is 23.5 Å². The van der Waals surface area contributed by atoms with Crippen LogP contribution >= 0.6 is 11.6 Å². The van der Waals surface area contributed by atoms with Crippen LogP contribution in [0.5, 0.6) is 5.75 Å². The highest BCUT2D eigenvalue weighted by atomic mass is 35.5. The van der Waals surface area contributed by atoms with E-state index in [1.807, 2.05) is 18.7 Å². The summed E-state index contributed by atoms with van der Waals surface area (Å²) < 4.78 is 39.6. The van der Waals surface area contributed by atoms with Gasteiger partial charge in [-0.15, -0.1) is 11.6 Å². The number of benzene rings is 2. The summed E-state index contributed by atoms with van der Waals surface area (Å²) in [7, 11) is 0. The van der Waals surface area contributed by atoms with Gasteiger partial charge in [0.1, 0.15) is 11.1 Å². The Morgan fingerprint density at radius 3 is 2.39 bits per heavy atom. The SMILES string of the molecule is CC(C)N1CC(C(Cl)C(F)(F)F)c2c1cc(O)c1ccccc21. The largest absolute Gasteiger partial charge is 0.507 e. The van der Waals surface area contributed by atoms with Crippen LogP contribution in [0.3, 0.4) is 0 Å². The Labute approximate surface area is 137 Å². The van der Waals surface area contributed by atoms with Gasteiger partial charge in [0, 0.05) is 35.6 Å². The average Bonchev–Trinajstić information content (AvgIpc) is 2.85. The van der Waals surface area contributed by atoms with E-state index in [1.165, 1.54) is 0 Å². The molecule has 0 amide bonds. The fourth-order valence-corrected chi connectivity index (χ4v) is 3.55. The van der Waals surface area contributed by atoms with Crippen molar-refractivity contribution in [3.05, 3.63) is 35.9 Å². The van der Waals surface area contributed by atoms with Gasteiger partial charge >= 0.3 is 6.18 Å². The van der Waals surface area contributed by atoms with Crippen molar-refractivity contribution in [2.24, 2.45) is 0 Å². The lowest BCUT2D eigenvalue weighted by Crippen LogP contribution is -2.35. The summed E-state index contributed by atoms with van der Waals surface area (Å²) in [6.45, 7) is 4.01. The smallest absolute Gasteiger partial charge is 0.405 e. The maximum absolute atomic E-state index is 13.2. The summed E-state index contributed by atoms with van der Waals surface area (Å²) in [6, 6.07) is 8.52. The minimum absolute atomic E-state index is 0.0106. The van der Waals surface area contributed by atoms with Crippen LogP contribution in [0.25, 0.3) is 10.8 Å². The Balaban J connectivity index is 2.26. The molecule has 2 nitrogen and oxygen atoms in total. The van der Waals surface area contributed by atoms with Crippen molar-refractivity contribution in [2.45, 2.75) is 37.4 Å². The number of halogens is 4. The Kier molecular flexibility index (Phi) is 3.87. The van der Waals surface area contributed by atoms with Crippen molar-refractivity contribution in [2.75, 3.05) is 11.4 Å². The van der Waals surface area contributed by atoms with Crippen molar-refractivity contribution in [1.82, 2.24) is 0 Å². The predicted molar refractivity (Wildman–Crippen MR) is 86.5 cm³/mol. The van der Waals surface area contributed by atoms with Crippen LogP contribution in [-0.4, -0.2) is 29.2 Å². The molecule has 2 aromatic rings. The van der Waals surface area contributed by atoms with Gasteiger partial charge in [-0.1, -0.05) is 24.3 Å². The number of nitrogens with zero attached hydrogens (tertiary/aromatic N) is 1. The van der Waals surface area contributed by atoms with E-state index in [0.717, 1.165) is 0 Å². The second-order valence-electron chi connectivity index (χ2n) is 6.17. The molecule has 2 atom stereocenters. The number of phenols is 1. The van der Waals surface area contributed by atoms with E-state index in [-0.39, 0.29) is 18.3 Å². The number of anilines is 1. The van der Waals surface area contributed by atoms with Crippen LogP contribution in [0.4, 0.5) is 18.9 Å². The molecule has 0 saturated heterocycles. The lowest BCUT2D eigenvalue weighted by atomic mass is 9.91. The van der Waals surface area contributed by atoms with Crippen LogP contribution in [0.15, 0.2) is 30.3 Å². The molecule has 124 valence electrons. The molecule has 0 aromatic heterocycles. The van der Waals surface area contributed by atoms with Crippen LogP contribution in [0, 0.1) is 0 Å². The maximum atomic E-state index is 13.2. The molecule has 0 spiro atoms. The minimum Gasteiger partial charge on any atom is -0.507 e. The molecule has 1 aliphatic rings. The third-order valence-corrected chi connectivity index (χ3v) is 4.96. The number of hydrogen-bond donors (Lipinski definition) is 1. The summed E-state index contributed by atoms with van der Waals surface area (Å²) in [6.07, 6.45) is -4.48. The molecule has 1 aliphatic heterocycles. The zero-order chi connectivity index (χ0) is 16.9. The molecule has 3 rings (SSSR count). The molecule has 0 fully saturated rings. The highest BCUT2D eigenvalue weighted by Crippen LogP contribution is 2.50. The molecule has 6 heteroatoms. The first-order chi connectivity index (χ1) is 10.7. The Morgan fingerprint density at radius 1 is 1.22 bits per heavy atom. The summed E-state index contributed by atoms with van der Waals surface area (Å²) in [5.41, 5.74) is 1.21. The van der Waals surface area contributed by atoms with E-state index >= 15 is 0 Å². The van der Waals surface area contributed by atoms with Gasteiger partial charge in [-0.3, -0.25) is 0 Å². The van der Waals surface area contributed by atoms with Crippen molar-refractivity contribution < 1.29 is 18.3 Å². The molecule has 2 unspecified atom stereocenters. The molecule has 23 heavy (non-hydrogen) atoms. The number of phenolic OH excluding ortho intramolecular Hbond substituents is 1. The van der Waals surface area contributed by atoms with Gasteiger partial charge in [-0.2, -0.15) is 13.2 Å². The zero-order valence-corrected chi connectivity index (χ0v) is 13.5. The quantitative estimate of drug-likeness (QED) is 0.773. The minimum atomic E-state index is -4.48. The highest BCUT2D eigenvalue weighted by Gasteiger charge is 2.48. The first kappa shape index (κ1) is 16.2. The molecular weight excluding hydrogens is 327 g/mol. The van der Waals surface area contributed by atoms with Gasteiger partial charge in [0.05, 0.1) is 0 Å². The first-order valence-electron chi connectivity index (χ1n) is 7.44. The van der Waals surface area contributed by atoms with E-state index in [1.54, 1.807) is 30.3 Å². The third kappa shape index (κ3) is 2.61. The van der Waals surface area contributed by atoms with Crippen LogP contribution < -0.4 is 4.90 Å². The Bertz CT molecular complexity index is 744. The number of alkyl halides is 4. The second-order valence-corrected chi connectivity index (χ2v) is 6.64. The molecule has 1 N–H and O–H groups in total. The first-order valence-corrected chi connectivity index (χ1v) is 7.87. The Hall–Kier alpha value is -1.62. The number of aromatic hydroxyl groups is 1. The van der Waals surface area contributed by atoms with Gasteiger partial charge in [-0.25, -0.2) is 0 Å². The maximum Gasteiger partial charge on any atom is 0.405 e. The number of rotatable bonds is 2. The average molecular weight is 344 g/mol. The van der Waals surface area contributed by atoms with Crippen molar-refractivity contribution in [1.29, 1.82) is 0 Å². The molecule has 0 bridgehead atoms. The van der Waals surface area contributed by atoms with Crippen LogP contribution in [0.2, 0.25) is 0 Å². The third-order valence-electron chi connectivity index (χ3n) is 4.41. The van der Waals surface area contributed by atoms with Crippen LogP contribution in [-0.2, 0) is 0 Å². The fraction of sp³-hybridized carbons (Fsp3) is 0.412. The predicted octanol–water partition coefficient (Wildman–Crippen LogP) is 5.03. The normalized spacial score (nSPS) is 19.4. The fourth-order valence-electron chi connectivity index (χ4n) is 3.35. The summed E-state index contributed by atoms with van der Waals surface area (Å²) >= 11 is 5.79.